The maximum absolute atomic E-state index is 12.8. The van der Waals surface area contributed by atoms with Crippen LogP contribution in [-0.2, 0) is 0 Å². The molecule has 1 atom stereocenters. The van der Waals surface area contributed by atoms with Crippen molar-refractivity contribution in [3.63, 3.8) is 0 Å². The van der Waals surface area contributed by atoms with Gasteiger partial charge in [0, 0.05) is 24.5 Å². The molecule has 5 nitrogen and oxygen atoms in total. The van der Waals surface area contributed by atoms with Crippen LogP contribution in [0, 0.1) is 24.2 Å². The van der Waals surface area contributed by atoms with Gasteiger partial charge in [-0.25, -0.2) is 0 Å². The molecule has 0 unspecified atom stereocenters. The summed E-state index contributed by atoms with van der Waals surface area (Å²) >= 11 is 0. The van der Waals surface area contributed by atoms with Crippen LogP contribution in [0.3, 0.4) is 0 Å². The van der Waals surface area contributed by atoms with E-state index in [0.717, 1.165) is 16.7 Å². The van der Waals surface area contributed by atoms with E-state index in [9.17, 15) is 4.79 Å². The Bertz CT molecular complexity index is 765. The summed E-state index contributed by atoms with van der Waals surface area (Å²) in [5.74, 6) is 0.454. The number of nitriles is 1. The maximum Gasteiger partial charge on any atom is 0.255 e. The fraction of sp³-hybridized carbons (Fsp3) is 0.389. The molecule has 1 aromatic carbocycles. The Morgan fingerprint density at radius 3 is 2.78 bits per heavy atom. The van der Waals surface area contributed by atoms with Crippen LogP contribution < -0.4 is 4.74 Å². The van der Waals surface area contributed by atoms with E-state index in [-0.39, 0.29) is 11.8 Å². The largest absolute Gasteiger partial charge is 0.497 e. The molecule has 2 aromatic rings. The summed E-state index contributed by atoms with van der Waals surface area (Å²) < 4.78 is 5.21. The fourth-order valence-corrected chi connectivity index (χ4v) is 2.48. The molecule has 0 saturated carbocycles. The van der Waals surface area contributed by atoms with Gasteiger partial charge in [0.2, 0.25) is 0 Å². The summed E-state index contributed by atoms with van der Waals surface area (Å²) in [5, 5.41) is 9.86. The molecule has 0 spiro atoms. The molecule has 0 radical (unpaired) electrons. The zero-order valence-electron chi connectivity index (χ0n) is 14.0. The van der Waals surface area contributed by atoms with Crippen LogP contribution >= 0.6 is 0 Å². The number of hydrogen-bond acceptors (Lipinski definition) is 4. The lowest BCUT2D eigenvalue weighted by Crippen LogP contribution is -2.34. The lowest BCUT2D eigenvalue weighted by Gasteiger charge is -2.22. The minimum atomic E-state index is -0.197. The summed E-state index contributed by atoms with van der Waals surface area (Å²) in [6.07, 6.45) is 0. The highest BCUT2D eigenvalue weighted by Crippen LogP contribution is 2.22. The van der Waals surface area contributed by atoms with Gasteiger partial charge in [-0.3, -0.25) is 9.78 Å². The van der Waals surface area contributed by atoms with E-state index in [1.54, 1.807) is 12.0 Å². The average molecular weight is 311 g/mol. The fourth-order valence-electron chi connectivity index (χ4n) is 2.48. The number of hydrogen-bond donors (Lipinski definition) is 0. The lowest BCUT2D eigenvalue weighted by molar-refractivity contribution is 0.0751. The molecule has 1 amide bonds. The van der Waals surface area contributed by atoms with E-state index in [0.29, 0.717) is 24.3 Å². The number of methoxy groups -OCH3 is 1. The van der Waals surface area contributed by atoms with Gasteiger partial charge in [-0.05, 0) is 39.0 Å². The van der Waals surface area contributed by atoms with E-state index in [2.05, 4.69) is 11.1 Å². The van der Waals surface area contributed by atoms with Gasteiger partial charge in [-0.2, -0.15) is 5.26 Å². The first-order valence-corrected chi connectivity index (χ1v) is 7.64. The molecule has 0 aliphatic rings. The molecule has 0 aliphatic carbocycles. The monoisotopic (exact) mass is 311 g/mol. The molecule has 23 heavy (non-hydrogen) atoms. The van der Waals surface area contributed by atoms with Crippen molar-refractivity contribution < 1.29 is 9.53 Å². The standard InChI is InChI=1S/C18H21N3O2/c1-5-21(11-12(2)10-19)18(22)16-8-14-6-7-15(23-4)9-17(14)20-13(16)3/h6-9,12H,5,11H2,1-4H3/t12-/m1/s1. The van der Waals surface area contributed by atoms with Gasteiger partial charge in [0.15, 0.2) is 0 Å². The minimum Gasteiger partial charge on any atom is -0.497 e. The molecule has 0 aliphatic heterocycles. The number of pyridine rings is 1. The van der Waals surface area contributed by atoms with Crippen LogP contribution in [0.1, 0.15) is 29.9 Å². The summed E-state index contributed by atoms with van der Waals surface area (Å²) in [7, 11) is 1.61. The first kappa shape index (κ1) is 16.8. The van der Waals surface area contributed by atoms with Gasteiger partial charge in [-0.15, -0.1) is 0 Å². The third-order valence-electron chi connectivity index (χ3n) is 3.83. The van der Waals surface area contributed by atoms with Gasteiger partial charge < -0.3 is 9.64 Å². The topological polar surface area (TPSA) is 66.2 Å². The number of carbonyl (C=O) groups is 1. The van der Waals surface area contributed by atoms with Crippen molar-refractivity contribution in [2.45, 2.75) is 20.8 Å². The van der Waals surface area contributed by atoms with Crippen molar-refractivity contribution in [3.8, 4) is 11.8 Å². The third-order valence-corrected chi connectivity index (χ3v) is 3.83. The van der Waals surface area contributed by atoms with E-state index in [1.165, 1.54) is 0 Å². The number of benzene rings is 1. The van der Waals surface area contributed by atoms with Crippen molar-refractivity contribution in [2.75, 3.05) is 20.2 Å². The van der Waals surface area contributed by atoms with Crippen molar-refractivity contribution >= 4 is 16.8 Å². The predicted molar refractivity (Wildman–Crippen MR) is 89.4 cm³/mol. The summed E-state index contributed by atoms with van der Waals surface area (Å²) in [4.78, 5) is 19.0. The Morgan fingerprint density at radius 1 is 1.43 bits per heavy atom. The Hall–Kier alpha value is -2.61. The highest BCUT2D eigenvalue weighted by atomic mass is 16.5. The van der Waals surface area contributed by atoms with E-state index < -0.39 is 0 Å². The summed E-state index contributed by atoms with van der Waals surface area (Å²) in [6.45, 7) is 6.54. The number of carbonyl (C=O) groups excluding carboxylic acids is 1. The second kappa shape index (κ2) is 7.10. The van der Waals surface area contributed by atoms with E-state index >= 15 is 0 Å². The second-order valence-electron chi connectivity index (χ2n) is 5.55. The first-order valence-electron chi connectivity index (χ1n) is 7.64. The van der Waals surface area contributed by atoms with Crippen LogP contribution in [0.15, 0.2) is 24.3 Å². The number of fused-ring (bicyclic) bond motifs is 1. The Kier molecular flexibility index (Phi) is 5.17. The molecule has 5 heteroatoms. The Labute approximate surface area is 136 Å². The first-order chi connectivity index (χ1) is 11.0. The highest BCUT2D eigenvalue weighted by Gasteiger charge is 2.19. The Balaban J connectivity index is 2.40. The zero-order valence-corrected chi connectivity index (χ0v) is 14.0. The van der Waals surface area contributed by atoms with Gasteiger partial charge >= 0.3 is 0 Å². The van der Waals surface area contributed by atoms with Crippen molar-refractivity contribution in [1.82, 2.24) is 9.88 Å². The van der Waals surface area contributed by atoms with Crippen LogP contribution in [-0.4, -0.2) is 36.0 Å². The molecule has 2 rings (SSSR count). The van der Waals surface area contributed by atoms with Gasteiger partial charge in [-0.1, -0.05) is 0 Å². The van der Waals surface area contributed by atoms with Gasteiger partial charge in [0.05, 0.1) is 35.9 Å². The molecule has 0 fully saturated rings. The van der Waals surface area contributed by atoms with Gasteiger partial charge in [0.1, 0.15) is 5.75 Å². The SMILES string of the molecule is CCN(C[C@H](C)C#N)C(=O)c1cc2ccc(OC)cc2nc1C. The predicted octanol–water partition coefficient (Wildman–Crippen LogP) is 3.17. The van der Waals surface area contributed by atoms with E-state index in [4.69, 9.17) is 10.00 Å². The van der Waals surface area contributed by atoms with Crippen LogP contribution in [0.4, 0.5) is 0 Å². The van der Waals surface area contributed by atoms with E-state index in [1.807, 2.05) is 45.0 Å². The third kappa shape index (κ3) is 3.59. The van der Waals surface area contributed by atoms with Crippen LogP contribution in [0.2, 0.25) is 0 Å². The molecule has 0 N–H and O–H groups in total. The maximum atomic E-state index is 12.8. The average Bonchev–Trinajstić information content (AvgIpc) is 2.57. The Morgan fingerprint density at radius 2 is 2.17 bits per heavy atom. The second-order valence-corrected chi connectivity index (χ2v) is 5.55. The normalized spacial score (nSPS) is 11.8. The van der Waals surface area contributed by atoms with Crippen molar-refractivity contribution in [2.24, 2.45) is 5.92 Å². The number of rotatable bonds is 5. The molecule has 1 aromatic heterocycles. The number of aromatic nitrogens is 1. The summed E-state index contributed by atoms with van der Waals surface area (Å²) in [5.41, 5.74) is 2.06. The van der Waals surface area contributed by atoms with Crippen LogP contribution in [0.5, 0.6) is 5.75 Å². The number of ether oxygens (including phenoxy) is 1. The number of aryl methyl sites for hydroxylation is 1. The number of nitrogens with zero attached hydrogens (tertiary/aromatic N) is 3. The quantitative estimate of drug-likeness (QED) is 0.850. The zero-order chi connectivity index (χ0) is 17.0. The molecule has 1 heterocycles. The molecular weight excluding hydrogens is 290 g/mol. The minimum absolute atomic E-state index is 0.0858. The molecule has 0 bridgehead atoms. The number of amides is 1. The van der Waals surface area contributed by atoms with Crippen molar-refractivity contribution in [1.29, 1.82) is 5.26 Å². The van der Waals surface area contributed by atoms with Crippen LogP contribution in [0.25, 0.3) is 10.9 Å². The highest BCUT2D eigenvalue weighted by molar-refractivity contribution is 5.98. The smallest absolute Gasteiger partial charge is 0.255 e. The molecular formula is C18H21N3O2. The van der Waals surface area contributed by atoms with Crippen molar-refractivity contribution in [3.05, 3.63) is 35.5 Å². The molecule has 0 saturated heterocycles. The summed E-state index contributed by atoms with van der Waals surface area (Å²) in [6, 6.07) is 9.63. The molecule has 120 valence electrons. The lowest BCUT2D eigenvalue weighted by atomic mass is 10.1. The van der Waals surface area contributed by atoms with Gasteiger partial charge in [0.25, 0.3) is 5.91 Å².